The predicted molar refractivity (Wildman–Crippen MR) is 68.9 cm³/mol. The summed E-state index contributed by atoms with van der Waals surface area (Å²) in [5.74, 6) is 2.58. The fourth-order valence-corrected chi connectivity index (χ4v) is 1.21. The van der Waals surface area contributed by atoms with E-state index in [0.717, 1.165) is 0 Å². The van der Waals surface area contributed by atoms with Crippen molar-refractivity contribution in [2.45, 2.75) is 0 Å². The number of ether oxygens (including phenoxy) is 1. The van der Waals surface area contributed by atoms with E-state index in [-0.39, 0.29) is 6.61 Å². The molecule has 1 aromatic rings. The summed E-state index contributed by atoms with van der Waals surface area (Å²) < 4.78 is 5.01. The van der Waals surface area contributed by atoms with Crippen LogP contribution in [0.4, 0.5) is 4.79 Å². The second kappa shape index (κ2) is 7.20. The van der Waals surface area contributed by atoms with Crippen LogP contribution >= 0.6 is 11.6 Å². The van der Waals surface area contributed by atoms with E-state index in [4.69, 9.17) is 27.6 Å². The van der Waals surface area contributed by atoms with Gasteiger partial charge in [-0.2, -0.15) is 0 Å². The Kier molecular flexibility index (Phi) is 5.55. The van der Waals surface area contributed by atoms with Crippen LogP contribution in [0.5, 0.6) is 5.75 Å². The highest BCUT2D eigenvalue weighted by atomic mass is 35.5. The molecule has 1 amide bonds. The Labute approximate surface area is 110 Å². The first-order valence-electron chi connectivity index (χ1n) is 4.95. The maximum Gasteiger partial charge on any atom is 0.412 e. The van der Waals surface area contributed by atoms with Gasteiger partial charge in [0, 0.05) is 17.6 Å². The van der Waals surface area contributed by atoms with E-state index in [1.165, 1.54) is 13.3 Å². The molecule has 0 fully saturated rings. The number of carbonyl (C=O) groups excluding carboxylic acids is 1. The molecule has 1 rings (SSSR count). The van der Waals surface area contributed by atoms with E-state index in [1.54, 1.807) is 18.2 Å². The fraction of sp³-hybridized carbons (Fsp3) is 0.167. The van der Waals surface area contributed by atoms with Gasteiger partial charge < -0.3 is 14.9 Å². The molecule has 0 aromatic heterocycles. The number of rotatable bonds is 4. The van der Waals surface area contributed by atoms with Gasteiger partial charge in [-0.05, 0) is 18.2 Å². The number of halogens is 1. The van der Waals surface area contributed by atoms with Gasteiger partial charge in [0.2, 0.25) is 0 Å². The van der Waals surface area contributed by atoms with Gasteiger partial charge in [-0.15, -0.1) is 6.42 Å². The number of terminal acetylenes is 1. The van der Waals surface area contributed by atoms with Crippen LogP contribution in [0.25, 0.3) is 0 Å². The Morgan fingerprint density at radius 2 is 2.44 bits per heavy atom. The standard InChI is InChI=1S/C12H11ClN2O3/c1-3-6-17-15-8-9-7-10(13)4-5-11(9)18-12(16)14-2/h1,4-5,7-8H,6H2,2H3,(H,14,16)/b15-8+. The van der Waals surface area contributed by atoms with Crippen LogP contribution in [0.1, 0.15) is 5.56 Å². The van der Waals surface area contributed by atoms with Gasteiger partial charge in [-0.1, -0.05) is 22.7 Å². The van der Waals surface area contributed by atoms with Crippen LogP contribution in [0, 0.1) is 12.3 Å². The number of hydrogen-bond donors (Lipinski definition) is 1. The van der Waals surface area contributed by atoms with E-state index in [1.807, 2.05) is 0 Å². The minimum Gasteiger partial charge on any atom is -0.410 e. The van der Waals surface area contributed by atoms with Gasteiger partial charge in [0.15, 0.2) is 6.61 Å². The highest BCUT2D eigenvalue weighted by molar-refractivity contribution is 6.30. The van der Waals surface area contributed by atoms with Crippen LogP contribution in [0.15, 0.2) is 23.4 Å². The lowest BCUT2D eigenvalue weighted by molar-refractivity contribution is 0.181. The van der Waals surface area contributed by atoms with E-state index >= 15 is 0 Å². The van der Waals surface area contributed by atoms with E-state index in [2.05, 4.69) is 16.4 Å². The number of oxime groups is 1. The minimum absolute atomic E-state index is 0.0582. The summed E-state index contributed by atoms with van der Waals surface area (Å²) in [6, 6.07) is 4.74. The highest BCUT2D eigenvalue weighted by Crippen LogP contribution is 2.21. The third-order valence-electron chi connectivity index (χ3n) is 1.79. The lowest BCUT2D eigenvalue weighted by Crippen LogP contribution is -2.22. The average Bonchev–Trinajstić information content (AvgIpc) is 2.37. The summed E-state index contributed by atoms with van der Waals surface area (Å²) in [4.78, 5) is 15.9. The van der Waals surface area contributed by atoms with Crippen molar-refractivity contribution < 1.29 is 14.4 Å². The Balaban J connectivity index is 2.86. The Morgan fingerprint density at radius 1 is 1.67 bits per heavy atom. The van der Waals surface area contributed by atoms with Crippen LogP contribution in [0.3, 0.4) is 0 Å². The molecule has 0 unspecified atom stereocenters. The van der Waals surface area contributed by atoms with Crippen molar-refractivity contribution in [1.29, 1.82) is 0 Å². The summed E-state index contributed by atoms with van der Waals surface area (Å²) in [5, 5.41) is 6.45. The lowest BCUT2D eigenvalue weighted by Gasteiger charge is -2.06. The van der Waals surface area contributed by atoms with Crippen molar-refractivity contribution in [3.63, 3.8) is 0 Å². The van der Waals surface area contributed by atoms with Gasteiger partial charge in [0.25, 0.3) is 0 Å². The lowest BCUT2D eigenvalue weighted by atomic mass is 10.2. The molecule has 0 heterocycles. The van der Waals surface area contributed by atoms with Gasteiger partial charge >= 0.3 is 6.09 Å². The number of hydrogen-bond acceptors (Lipinski definition) is 4. The number of carbonyl (C=O) groups is 1. The molecule has 0 aliphatic carbocycles. The van der Waals surface area contributed by atoms with Crippen molar-refractivity contribution in [3.05, 3.63) is 28.8 Å². The monoisotopic (exact) mass is 266 g/mol. The second-order valence-electron chi connectivity index (χ2n) is 3.03. The van der Waals surface area contributed by atoms with Crippen molar-refractivity contribution >= 4 is 23.9 Å². The first kappa shape index (κ1) is 13.9. The molecule has 18 heavy (non-hydrogen) atoms. The summed E-state index contributed by atoms with van der Waals surface area (Å²) in [6.07, 6.45) is 5.77. The Bertz CT molecular complexity index is 495. The molecule has 0 saturated heterocycles. The largest absolute Gasteiger partial charge is 0.412 e. The molecule has 0 atom stereocenters. The molecule has 6 heteroatoms. The van der Waals surface area contributed by atoms with Crippen molar-refractivity contribution in [1.82, 2.24) is 5.32 Å². The fourth-order valence-electron chi connectivity index (χ4n) is 1.03. The van der Waals surface area contributed by atoms with Crippen LogP contribution in [0.2, 0.25) is 5.02 Å². The van der Waals surface area contributed by atoms with Gasteiger partial charge in [-0.25, -0.2) is 4.79 Å². The van der Waals surface area contributed by atoms with Crippen LogP contribution in [-0.2, 0) is 4.84 Å². The van der Waals surface area contributed by atoms with Crippen molar-refractivity contribution in [2.75, 3.05) is 13.7 Å². The molecule has 0 bridgehead atoms. The summed E-state index contributed by atoms with van der Waals surface area (Å²) in [5.41, 5.74) is 0.503. The zero-order chi connectivity index (χ0) is 13.4. The van der Waals surface area contributed by atoms with E-state index in [9.17, 15) is 4.79 Å². The number of nitrogens with one attached hydrogen (secondary N) is 1. The Morgan fingerprint density at radius 3 is 3.11 bits per heavy atom. The first-order chi connectivity index (χ1) is 8.67. The first-order valence-corrected chi connectivity index (χ1v) is 5.33. The topological polar surface area (TPSA) is 59.9 Å². The molecule has 94 valence electrons. The number of nitrogens with zero attached hydrogens (tertiary/aromatic N) is 1. The van der Waals surface area contributed by atoms with Gasteiger partial charge in [0.05, 0.1) is 6.21 Å². The number of benzene rings is 1. The van der Waals surface area contributed by atoms with Gasteiger partial charge in [0.1, 0.15) is 5.75 Å². The second-order valence-corrected chi connectivity index (χ2v) is 3.47. The number of amides is 1. The van der Waals surface area contributed by atoms with Crippen LogP contribution < -0.4 is 10.1 Å². The van der Waals surface area contributed by atoms with E-state index in [0.29, 0.717) is 16.3 Å². The summed E-state index contributed by atoms with van der Waals surface area (Å²) in [7, 11) is 1.46. The highest BCUT2D eigenvalue weighted by Gasteiger charge is 2.07. The maximum atomic E-state index is 11.1. The van der Waals surface area contributed by atoms with Gasteiger partial charge in [-0.3, -0.25) is 0 Å². The normalized spacial score (nSPS) is 9.83. The van der Waals surface area contributed by atoms with E-state index < -0.39 is 6.09 Å². The molecular formula is C12H11ClN2O3. The smallest absolute Gasteiger partial charge is 0.410 e. The maximum absolute atomic E-state index is 11.1. The van der Waals surface area contributed by atoms with Crippen molar-refractivity contribution in [2.24, 2.45) is 5.16 Å². The molecule has 0 aliphatic heterocycles. The zero-order valence-electron chi connectivity index (χ0n) is 9.64. The SMILES string of the molecule is C#CCO/N=C/c1cc(Cl)ccc1OC(=O)NC. The quantitative estimate of drug-likeness (QED) is 0.393. The van der Waals surface area contributed by atoms with Crippen molar-refractivity contribution in [3.8, 4) is 18.1 Å². The summed E-state index contributed by atoms with van der Waals surface area (Å²) >= 11 is 5.84. The molecule has 0 saturated carbocycles. The summed E-state index contributed by atoms with van der Waals surface area (Å²) in [6.45, 7) is 0.0582. The zero-order valence-corrected chi connectivity index (χ0v) is 10.4. The molecule has 0 radical (unpaired) electrons. The average molecular weight is 267 g/mol. The third kappa shape index (κ3) is 4.36. The molecule has 0 spiro atoms. The molecule has 1 N–H and O–H groups in total. The Hall–Kier alpha value is -2.19. The van der Waals surface area contributed by atoms with Crippen LogP contribution in [-0.4, -0.2) is 26.0 Å². The third-order valence-corrected chi connectivity index (χ3v) is 2.03. The molecular weight excluding hydrogens is 256 g/mol. The molecule has 0 aliphatic rings. The molecule has 1 aromatic carbocycles. The minimum atomic E-state index is -0.587. The molecule has 5 nitrogen and oxygen atoms in total. The predicted octanol–water partition coefficient (Wildman–Crippen LogP) is 2.04.